The molecule has 2 aromatic rings. The summed E-state index contributed by atoms with van der Waals surface area (Å²) in [4.78, 5) is 8.31. The zero-order valence-electron chi connectivity index (χ0n) is 9.60. The first-order chi connectivity index (χ1) is 7.53. The number of aryl methyl sites for hydroxylation is 1. The lowest BCUT2D eigenvalue weighted by Gasteiger charge is -2.24. The lowest BCUT2D eigenvalue weighted by Crippen LogP contribution is -2.35. The summed E-state index contributed by atoms with van der Waals surface area (Å²) >= 11 is 0. The van der Waals surface area contributed by atoms with E-state index < -0.39 is 5.54 Å². The zero-order valence-corrected chi connectivity index (χ0v) is 9.60. The van der Waals surface area contributed by atoms with Crippen molar-refractivity contribution in [3.63, 3.8) is 0 Å². The molecular formula is C10H15N5O. The molecule has 0 spiro atoms. The molecule has 0 aliphatic heterocycles. The summed E-state index contributed by atoms with van der Waals surface area (Å²) in [6.45, 7) is 3.83. The minimum atomic E-state index is -0.420. The minimum Gasteiger partial charge on any atom is -0.394 e. The van der Waals surface area contributed by atoms with Gasteiger partial charge in [-0.1, -0.05) is 0 Å². The standard InChI is InChI=1S/C10H15N5O/c1-10(2,5-16)14-8-7-4-13-15(3)9(7)12-6-11-8/h4,6,16H,5H2,1-3H3,(H,11,12,14). The van der Waals surface area contributed by atoms with Crippen LogP contribution in [0.4, 0.5) is 5.82 Å². The fourth-order valence-electron chi connectivity index (χ4n) is 1.42. The highest BCUT2D eigenvalue weighted by Crippen LogP contribution is 2.21. The second-order valence-corrected chi connectivity index (χ2v) is 4.39. The van der Waals surface area contributed by atoms with Crippen LogP contribution in [-0.2, 0) is 7.05 Å². The van der Waals surface area contributed by atoms with Crippen LogP contribution in [0.25, 0.3) is 11.0 Å². The van der Waals surface area contributed by atoms with Gasteiger partial charge in [0.1, 0.15) is 12.1 Å². The monoisotopic (exact) mass is 221 g/mol. The van der Waals surface area contributed by atoms with Crippen LogP contribution in [0.3, 0.4) is 0 Å². The van der Waals surface area contributed by atoms with Gasteiger partial charge in [-0.25, -0.2) is 9.97 Å². The van der Waals surface area contributed by atoms with Crippen LogP contribution in [0, 0.1) is 0 Å². The summed E-state index contributed by atoms with van der Waals surface area (Å²) in [5.74, 6) is 0.692. The van der Waals surface area contributed by atoms with E-state index in [2.05, 4.69) is 20.4 Å². The molecule has 2 aromatic heterocycles. The van der Waals surface area contributed by atoms with Crippen LogP contribution >= 0.6 is 0 Å². The Hall–Kier alpha value is -1.69. The Bertz CT molecular complexity index is 505. The largest absolute Gasteiger partial charge is 0.394 e. The zero-order chi connectivity index (χ0) is 11.8. The van der Waals surface area contributed by atoms with Gasteiger partial charge in [0.15, 0.2) is 5.65 Å². The quantitative estimate of drug-likeness (QED) is 0.791. The summed E-state index contributed by atoms with van der Waals surface area (Å²) in [5.41, 5.74) is 0.350. The lowest BCUT2D eigenvalue weighted by atomic mass is 10.1. The van der Waals surface area contributed by atoms with Gasteiger partial charge < -0.3 is 10.4 Å². The number of nitrogens with one attached hydrogen (secondary N) is 1. The highest BCUT2D eigenvalue weighted by molar-refractivity contribution is 5.86. The normalized spacial score (nSPS) is 12.0. The molecule has 0 aliphatic rings. The number of hydrogen-bond donors (Lipinski definition) is 2. The van der Waals surface area contributed by atoms with Crippen molar-refractivity contribution >= 4 is 16.9 Å². The fourth-order valence-corrected chi connectivity index (χ4v) is 1.42. The van der Waals surface area contributed by atoms with Crippen molar-refractivity contribution in [2.24, 2.45) is 7.05 Å². The van der Waals surface area contributed by atoms with Crippen molar-refractivity contribution in [3.8, 4) is 0 Å². The van der Waals surface area contributed by atoms with Crippen molar-refractivity contribution in [2.75, 3.05) is 11.9 Å². The molecule has 0 bridgehead atoms. The maximum Gasteiger partial charge on any atom is 0.163 e. The Morgan fingerprint density at radius 2 is 2.19 bits per heavy atom. The lowest BCUT2D eigenvalue weighted by molar-refractivity contribution is 0.234. The maximum atomic E-state index is 9.21. The molecule has 0 fully saturated rings. The Morgan fingerprint density at radius 1 is 1.44 bits per heavy atom. The molecule has 0 aromatic carbocycles. The third kappa shape index (κ3) is 1.83. The van der Waals surface area contributed by atoms with Gasteiger partial charge in [0.2, 0.25) is 0 Å². The van der Waals surface area contributed by atoms with E-state index in [-0.39, 0.29) is 6.61 Å². The third-order valence-electron chi connectivity index (χ3n) is 2.38. The van der Waals surface area contributed by atoms with E-state index in [1.807, 2.05) is 20.9 Å². The molecule has 6 nitrogen and oxygen atoms in total. The summed E-state index contributed by atoms with van der Waals surface area (Å²) in [6, 6.07) is 0. The Balaban J connectivity index is 2.45. The van der Waals surface area contributed by atoms with Crippen molar-refractivity contribution in [1.82, 2.24) is 19.7 Å². The van der Waals surface area contributed by atoms with Gasteiger partial charge in [-0.2, -0.15) is 5.10 Å². The topological polar surface area (TPSA) is 75.9 Å². The van der Waals surface area contributed by atoms with Crippen LogP contribution in [0.15, 0.2) is 12.5 Å². The minimum absolute atomic E-state index is 0.0265. The second kappa shape index (κ2) is 3.71. The average molecular weight is 221 g/mol. The van der Waals surface area contributed by atoms with E-state index in [1.54, 1.807) is 10.9 Å². The van der Waals surface area contributed by atoms with Gasteiger partial charge in [0.05, 0.1) is 23.7 Å². The molecule has 0 unspecified atom stereocenters. The van der Waals surface area contributed by atoms with Crippen LogP contribution in [0.5, 0.6) is 0 Å². The molecule has 6 heteroatoms. The Kier molecular flexibility index (Phi) is 2.51. The number of aliphatic hydroxyl groups excluding tert-OH is 1. The predicted molar refractivity (Wildman–Crippen MR) is 61.1 cm³/mol. The van der Waals surface area contributed by atoms with Gasteiger partial charge in [-0.3, -0.25) is 4.68 Å². The average Bonchev–Trinajstić information content (AvgIpc) is 2.62. The number of rotatable bonds is 3. The molecule has 0 aliphatic carbocycles. The first-order valence-electron chi connectivity index (χ1n) is 5.05. The van der Waals surface area contributed by atoms with Gasteiger partial charge in [-0.15, -0.1) is 0 Å². The van der Waals surface area contributed by atoms with Crippen LogP contribution < -0.4 is 5.32 Å². The van der Waals surface area contributed by atoms with Gasteiger partial charge in [0.25, 0.3) is 0 Å². The van der Waals surface area contributed by atoms with Gasteiger partial charge >= 0.3 is 0 Å². The van der Waals surface area contributed by atoms with Crippen LogP contribution in [-0.4, -0.2) is 37.0 Å². The van der Waals surface area contributed by atoms with Crippen LogP contribution in [0.1, 0.15) is 13.8 Å². The van der Waals surface area contributed by atoms with Crippen molar-refractivity contribution < 1.29 is 5.11 Å². The highest BCUT2D eigenvalue weighted by Gasteiger charge is 2.18. The molecule has 2 N–H and O–H groups in total. The highest BCUT2D eigenvalue weighted by atomic mass is 16.3. The molecule has 0 radical (unpaired) electrons. The first kappa shape index (κ1) is 10.8. The molecule has 0 amide bonds. The molecule has 2 rings (SSSR count). The molecular weight excluding hydrogens is 206 g/mol. The SMILES string of the molecule is Cn1ncc2c(NC(C)(C)CO)ncnc21. The van der Waals surface area contributed by atoms with E-state index in [0.717, 1.165) is 11.0 Å². The smallest absolute Gasteiger partial charge is 0.163 e. The van der Waals surface area contributed by atoms with Gasteiger partial charge in [-0.05, 0) is 13.8 Å². The molecule has 0 atom stereocenters. The van der Waals surface area contributed by atoms with E-state index in [9.17, 15) is 5.11 Å². The van der Waals surface area contributed by atoms with E-state index in [4.69, 9.17) is 0 Å². The number of aromatic nitrogens is 4. The number of nitrogens with zero attached hydrogens (tertiary/aromatic N) is 4. The predicted octanol–water partition coefficient (Wildman–Crippen LogP) is 0.546. The third-order valence-corrected chi connectivity index (χ3v) is 2.38. The fraction of sp³-hybridized carbons (Fsp3) is 0.500. The van der Waals surface area contributed by atoms with E-state index in [0.29, 0.717) is 5.82 Å². The van der Waals surface area contributed by atoms with E-state index >= 15 is 0 Å². The number of fused-ring (bicyclic) bond motifs is 1. The molecule has 2 heterocycles. The number of anilines is 1. The van der Waals surface area contributed by atoms with Crippen molar-refractivity contribution in [3.05, 3.63) is 12.5 Å². The molecule has 16 heavy (non-hydrogen) atoms. The summed E-state index contributed by atoms with van der Waals surface area (Å²) < 4.78 is 1.69. The van der Waals surface area contributed by atoms with Crippen molar-refractivity contribution in [2.45, 2.75) is 19.4 Å². The maximum absolute atomic E-state index is 9.21. The number of hydrogen-bond acceptors (Lipinski definition) is 5. The summed E-state index contributed by atoms with van der Waals surface area (Å²) in [7, 11) is 1.83. The Labute approximate surface area is 93.3 Å². The number of aliphatic hydroxyl groups is 1. The molecule has 0 saturated carbocycles. The van der Waals surface area contributed by atoms with Crippen LogP contribution in [0.2, 0.25) is 0 Å². The summed E-state index contributed by atoms with van der Waals surface area (Å²) in [5, 5.41) is 17.4. The van der Waals surface area contributed by atoms with Gasteiger partial charge in [0, 0.05) is 7.05 Å². The summed E-state index contributed by atoms with van der Waals surface area (Å²) in [6.07, 6.45) is 3.20. The molecule has 86 valence electrons. The van der Waals surface area contributed by atoms with Crippen molar-refractivity contribution in [1.29, 1.82) is 0 Å². The van der Waals surface area contributed by atoms with E-state index in [1.165, 1.54) is 6.33 Å². The Morgan fingerprint density at radius 3 is 2.88 bits per heavy atom. The first-order valence-corrected chi connectivity index (χ1v) is 5.05. The molecule has 0 saturated heterocycles. The second-order valence-electron chi connectivity index (χ2n) is 4.39.